The van der Waals surface area contributed by atoms with Gasteiger partial charge in [-0.15, -0.1) is 0 Å². The lowest BCUT2D eigenvalue weighted by atomic mass is 9.73. The topological polar surface area (TPSA) is 115 Å². The average molecular weight is 676 g/mol. The van der Waals surface area contributed by atoms with Gasteiger partial charge in [0.25, 0.3) is 0 Å². The molecule has 276 valence electrons. The van der Waals surface area contributed by atoms with E-state index in [4.69, 9.17) is 14.2 Å². The maximum absolute atomic E-state index is 13.2. The quantitative estimate of drug-likeness (QED) is 0.0640. The molecule has 2 saturated carbocycles. The summed E-state index contributed by atoms with van der Waals surface area (Å²) in [6.07, 6.45) is 26.8. The van der Waals surface area contributed by atoms with Crippen molar-refractivity contribution in [3.05, 3.63) is 12.2 Å². The first-order valence-electron chi connectivity index (χ1n) is 19.5. The highest BCUT2D eigenvalue weighted by molar-refractivity contribution is 5.82. The summed E-state index contributed by atoms with van der Waals surface area (Å²) >= 11 is 0. The van der Waals surface area contributed by atoms with Crippen LogP contribution in [0.5, 0.6) is 0 Å². The second-order valence-electron chi connectivity index (χ2n) is 15.8. The molecule has 0 aromatic rings. The van der Waals surface area contributed by atoms with Crippen LogP contribution < -0.4 is 16.0 Å². The van der Waals surface area contributed by atoms with E-state index in [0.717, 1.165) is 64.2 Å². The Balaban J connectivity index is 1.30. The summed E-state index contributed by atoms with van der Waals surface area (Å²) in [5, 5.41) is 9.30. The highest BCUT2D eigenvalue weighted by Crippen LogP contribution is 2.37. The predicted molar refractivity (Wildman–Crippen MR) is 192 cm³/mol. The van der Waals surface area contributed by atoms with Gasteiger partial charge in [-0.05, 0) is 84.5 Å². The number of carbonyl (C=O) groups excluding carboxylic acids is 3. The summed E-state index contributed by atoms with van der Waals surface area (Å²) in [7, 11) is 0. The third-order valence-corrected chi connectivity index (χ3v) is 10.4. The van der Waals surface area contributed by atoms with Crippen LogP contribution in [0.3, 0.4) is 0 Å². The fraction of sp³-hybridized carbons (Fsp3) is 0.872. The Kier molecular flexibility index (Phi) is 17.2. The monoisotopic (exact) mass is 676 g/mol. The fourth-order valence-electron chi connectivity index (χ4n) is 7.18. The van der Waals surface area contributed by atoms with Gasteiger partial charge in [0.05, 0.1) is 19.1 Å². The van der Waals surface area contributed by atoms with Crippen LogP contribution in [0.2, 0.25) is 0 Å². The van der Waals surface area contributed by atoms with Crippen LogP contribution >= 0.6 is 0 Å². The van der Waals surface area contributed by atoms with Crippen molar-refractivity contribution in [3.8, 4) is 0 Å². The van der Waals surface area contributed by atoms with E-state index in [1.807, 2.05) is 13.8 Å². The molecule has 3 N–H and O–H groups in total. The highest BCUT2D eigenvalue weighted by Gasteiger charge is 2.45. The molecule has 3 unspecified atom stereocenters. The van der Waals surface area contributed by atoms with Crippen LogP contribution in [0.25, 0.3) is 0 Å². The van der Waals surface area contributed by atoms with Gasteiger partial charge >= 0.3 is 12.0 Å². The number of nitrogens with one attached hydrogen (secondary N) is 3. The van der Waals surface area contributed by atoms with Crippen molar-refractivity contribution < 1.29 is 28.6 Å². The molecular weight excluding hydrogens is 606 g/mol. The summed E-state index contributed by atoms with van der Waals surface area (Å²) in [5.41, 5.74) is -0.586. The molecule has 0 aromatic carbocycles. The normalized spacial score (nSPS) is 24.4. The molecule has 9 heteroatoms. The molecular formula is C39H69N3O6. The van der Waals surface area contributed by atoms with E-state index >= 15 is 0 Å². The van der Waals surface area contributed by atoms with Crippen molar-refractivity contribution in [2.75, 3.05) is 13.2 Å². The molecule has 2 aliphatic carbocycles. The van der Waals surface area contributed by atoms with Crippen molar-refractivity contribution in [2.24, 2.45) is 5.41 Å². The standard InChI is InChI=1S/C39H69N3O6/c1-6-7-8-9-10-11-12-13-14-15-16-17-18-21-26-39(27-22-28-39)42-36(45)41-31-23-19-20-24-32(31)47-33(43)25-29-40-35(44)34-37(2,3)30-46-38(4,5)48-34/h14-15,31-32,34H,6-13,16-30H2,1-5H3,(H,40,44)(H2,41,42,45). The zero-order valence-electron chi connectivity index (χ0n) is 31.1. The van der Waals surface area contributed by atoms with Crippen molar-refractivity contribution in [1.29, 1.82) is 0 Å². The lowest BCUT2D eigenvalue weighted by molar-refractivity contribution is -0.304. The van der Waals surface area contributed by atoms with E-state index in [2.05, 4.69) is 35.0 Å². The minimum absolute atomic E-state index is 0.0618. The number of esters is 1. The number of amides is 3. The molecule has 3 aliphatic rings. The van der Waals surface area contributed by atoms with Gasteiger partial charge in [-0.2, -0.15) is 0 Å². The van der Waals surface area contributed by atoms with Gasteiger partial charge in [-0.1, -0.05) is 90.7 Å². The van der Waals surface area contributed by atoms with Crippen LogP contribution in [0.1, 0.15) is 169 Å². The number of rotatable bonds is 21. The van der Waals surface area contributed by atoms with Gasteiger partial charge in [0.15, 0.2) is 5.79 Å². The summed E-state index contributed by atoms with van der Waals surface area (Å²) in [6, 6.07) is -0.355. The Labute approximate surface area is 291 Å². The summed E-state index contributed by atoms with van der Waals surface area (Å²) in [6.45, 7) is 10.3. The van der Waals surface area contributed by atoms with Gasteiger partial charge in [0.2, 0.25) is 5.91 Å². The minimum atomic E-state index is -0.839. The van der Waals surface area contributed by atoms with Crippen LogP contribution in [0.15, 0.2) is 12.2 Å². The molecule has 3 amide bonds. The number of hydrogen-bond donors (Lipinski definition) is 3. The number of allylic oxidation sites excluding steroid dienone is 2. The molecule has 9 nitrogen and oxygen atoms in total. The third kappa shape index (κ3) is 14.4. The molecule has 1 heterocycles. The van der Waals surface area contributed by atoms with Gasteiger partial charge < -0.3 is 30.2 Å². The first kappa shape index (κ1) is 40.3. The lowest BCUT2D eigenvalue weighted by Crippen LogP contribution is -2.59. The van der Waals surface area contributed by atoms with E-state index in [-0.39, 0.29) is 48.6 Å². The summed E-state index contributed by atoms with van der Waals surface area (Å²) in [4.78, 5) is 38.8. The largest absolute Gasteiger partial charge is 0.460 e. The van der Waals surface area contributed by atoms with E-state index in [1.54, 1.807) is 13.8 Å². The predicted octanol–water partition coefficient (Wildman–Crippen LogP) is 8.39. The van der Waals surface area contributed by atoms with Gasteiger partial charge in [0.1, 0.15) is 12.2 Å². The molecule has 0 radical (unpaired) electrons. The lowest BCUT2D eigenvalue weighted by Gasteiger charge is -2.44. The molecule has 48 heavy (non-hydrogen) atoms. The first-order chi connectivity index (χ1) is 23.0. The Morgan fingerprint density at radius 1 is 0.833 bits per heavy atom. The van der Waals surface area contributed by atoms with E-state index in [9.17, 15) is 14.4 Å². The maximum Gasteiger partial charge on any atom is 0.315 e. The summed E-state index contributed by atoms with van der Waals surface area (Å²) in [5.74, 6) is -1.47. The Bertz CT molecular complexity index is 1010. The van der Waals surface area contributed by atoms with Crippen LogP contribution in [0.4, 0.5) is 4.79 Å². The van der Waals surface area contributed by atoms with Crippen molar-refractivity contribution in [3.63, 3.8) is 0 Å². The molecule has 1 saturated heterocycles. The van der Waals surface area contributed by atoms with Crippen molar-refractivity contribution in [1.82, 2.24) is 16.0 Å². The van der Waals surface area contributed by atoms with E-state index in [1.165, 1.54) is 64.2 Å². The maximum atomic E-state index is 13.2. The number of ether oxygens (including phenoxy) is 3. The van der Waals surface area contributed by atoms with Crippen LogP contribution in [-0.2, 0) is 23.8 Å². The summed E-state index contributed by atoms with van der Waals surface area (Å²) < 4.78 is 17.4. The number of carbonyl (C=O) groups is 3. The SMILES string of the molecule is CCCCCCCCCC=CCCCCCC1(NC(=O)NC2CCCCC2OC(=O)CCNC(=O)C2OC(C)(C)OCC2(C)C)CCC1. The van der Waals surface area contributed by atoms with Gasteiger partial charge in [0, 0.05) is 17.5 Å². The van der Waals surface area contributed by atoms with Crippen molar-refractivity contribution >= 4 is 17.9 Å². The zero-order valence-corrected chi connectivity index (χ0v) is 31.1. The molecule has 1 aliphatic heterocycles. The second-order valence-corrected chi connectivity index (χ2v) is 15.8. The second kappa shape index (κ2) is 20.5. The Hall–Kier alpha value is -2.13. The van der Waals surface area contributed by atoms with Crippen LogP contribution in [-0.4, -0.2) is 60.6 Å². The molecule has 0 spiro atoms. The Morgan fingerprint density at radius 3 is 2.15 bits per heavy atom. The smallest absolute Gasteiger partial charge is 0.315 e. The van der Waals surface area contributed by atoms with Gasteiger partial charge in [-0.25, -0.2) is 4.79 Å². The minimum Gasteiger partial charge on any atom is -0.460 e. The fourth-order valence-corrected chi connectivity index (χ4v) is 7.18. The first-order valence-corrected chi connectivity index (χ1v) is 19.5. The molecule has 3 fully saturated rings. The molecule has 0 bridgehead atoms. The zero-order chi connectivity index (χ0) is 34.9. The van der Waals surface area contributed by atoms with E-state index < -0.39 is 17.3 Å². The van der Waals surface area contributed by atoms with E-state index in [0.29, 0.717) is 6.61 Å². The average Bonchev–Trinajstić information content (AvgIpc) is 3.02. The molecule has 0 aromatic heterocycles. The highest BCUT2D eigenvalue weighted by atomic mass is 16.7. The number of hydrogen-bond acceptors (Lipinski definition) is 6. The third-order valence-electron chi connectivity index (χ3n) is 10.4. The Morgan fingerprint density at radius 2 is 1.48 bits per heavy atom. The number of unbranched alkanes of at least 4 members (excludes halogenated alkanes) is 10. The van der Waals surface area contributed by atoms with Crippen LogP contribution in [0, 0.1) is 5.41 Å². The number of urea groups is 1. The van der Waals surface area contributed by atoms with Crippen molar-refractivity contribution in [2.45, 2.75) is 199 Å². The van der Waals surface area contributed by atoms with Gasteiger partial charge in [-0.3, -0.25) is 9.59 Å². The molecule has 3 rings (SSSR count). The molecule has 3 atom stereocenters.